The van der Waals surface area contributed by atoms with Gasteiger partial charge in [0.15, 0.2) is 0 Å². The molecule has 0 bridgehead atoms. The van der Waals surface area contributed by atoms with Crippen LogP contribution in [0.2, 0.25) is 0 Å². The van der Waals surface area contributed by atoms with Crippen LogP contribution in [-0.2, 0) is 20.7 Å². The van der Waals surface area contributed by atoms with Crippen molar-refractivity contribution < 1.29 is 29.0 Å². The molecule has 0 spiro atoms. The smallest absolute Gasteiger partial charge is 0.407 e. The first kappa shape index (κ1) is 39.3. The average molecular weight is 762 g/mol. The van der Waals surface area contributed by atoms with E-state index >= 15 is 0 Å². The summed E-state index contributed by atoms with van der Waals surface area (Å²) >= 11 is 0. The van der Waals surface area contributed by atoms with Gasteiger partial charge in [-0.1, -0.05) is 51.7 Å². The Morgan fingerprint density at radius 3 is 2.00 bits per heavy atom. The number of likely N-dealkylation sites (tertiary alicyclic amines) is 2. The fourth-order valence-electron chi connectivity index (χ4n) is 7.49. The highest BCUT2D eigenvalue weighted by Gasteiger charge is 2.39. The van der Waals surface area contributed by atoms with Crippen molar-refractivity contribution in [2.75, 3.05) is 20.2 Å². The fraction of sp³-hybridized carbons (Fsp3) is 0.439. The highest BCUT2D eigenvalue weighted by atomic mass is 16.5. The van der Waals surface area contributed by atoms with Crippen LogP contribution in [0, 0.1) is 35.0 Å². The largest absolute Gasteiger partial charge is 0.465 e. The van der Waals surface area contributed by atoms with Crippen molar-refractivity contribution in [3.63, 3.8) is 0 Å². The van der Waals surface area contributed by atoms with Crippen molar-refractivity contribution >= 4 is 35.0 Å². The van der Waals surface area contributed by atoms with E-state index in [-0.39, 0.29) is 42.2 Å². The number of H-pyrrole nitrogens is 2. The molecule has 15 heteroatoms. The van der Waals surface area contributed by atoms with Crippen LogP contribution in [0.3, 0.4) is 0 Å². The molecule has 0 aliphatic carbocycles. The van der Waals surface area contributed by atoms with Crippen LogP contribution >= 0.6 is 0 Å². The van der Waals surface area contributed by atoms with Crippen LogP contribution < -0.4 is 10.6 Å². The number of carbonyl (C=O) groups is 4. The molecule has 56 heavy (non-hydrogen) atoms. The monoisotopic (exact) mass is 761 g/mol. The van der Waals surface area contributed by atoms with Crippen molar-refractivity contribution in [3.05, 3.63) is 70.9 Å². The number of alkyl carbamates (subject to hydrolysis) is 1. The third-order valence-electron chi connectivity index (χ3n) is 10.4. The number of imidazole rings is 2. The summed E-state index contributed by atoms with van der Waals surface area (Å²) < 4.78 is 4.75. The zero-order valence-electron chi connectivity index (χ0n) is 32.2. The van der Waals surface area contributed by atoms with E-state index in [4.69, 9.17) is 14.7 Å². The minimum Gasteiger partial charge on any atom is -0.465 e. The molecule has 2 saturated heterocycles. The van der Waals surface area contributed by atoms with Crippen LogP contribution in [0.4, 0.5) is 9.59 Å². The number of nitriles is 1. The van der Waals surface area contributed by atoms with Crippen LogP contribution in [0.1, 0.15) is 93.9 Å². The average Bonchev–Trinajstić information content (AvgIpc) is 4.00. The topological polar surface area (TPSA) is 209 Å². The Kier molecular flexibility index (Phi) is 11.9. The highest BCUT2D eigenvalue weighted by Crippen LogP contribution is 2.35. The number of fused-ring (bicyclic) bond motifs is 1. The maximum absolute atomic E-state index is 13.6. The third-order valence-corrected chi connectivity index (χ3v) is 10.4. The lowest BCUT2D eigenvalue weighted by molar-refractivity contribution is -0.136. The Bertz CT molecular complexity index is 2210. The number of aromatic nitrogens is 4. The van der Waals surface area contributed by atoms with Crippen LogP contribution in [-0.4, -0.2) is 91.1 Å². The summed E-state index contributed by atoms with van der Waals surface area (Å²) in [4.78, 5) is 70.3. The highest BCUT2D eigenvalue weighted by molar-refractivity contribution is 5.87. The van der Waals surface area contributed by atoms with Crippen molar-refractivity contribution in [2.45, 2.75) is 84.0 Å². The Morgan fingerprint density at radius 1 is 0.857 bits per heavy atom. The molecule has 6 rings (SSSR count). The zero-order chi connectivity index (χ0) is 40.1. The normalized spacial score (nSPS) is 17.7. The number of ether oxygens (including phenoxy) is 1. The van der Waals surface area contributed by atoms with E-state index < -0.39 is 24.3 Å². The van der Waals surface area contributed by atoms with E-state index in [0.717, 1.165) is 47.0 Å². The SMILES string of the molecule is COC(=O)N[C@H](C(=O)N1CCC[C@H]1c1nc2ccc(C#Cc3ccc(-c4nc([C@@H]5CCCN5C(=O)[C@@H](NC(=O)O)C(C)C)[nH]c4CC#N)cc3)cc2[nH]1)C(C)C. The Hall–Kier alpha value is -6.35. The second kappa shape index (κ2) is 17.0. The first-order valence-electron chi connectivity index (χ1n) is 18.9. The number of benzene rings is 2. The number of rotatable bonds is 10. The number of carboxylic acid groups (broad SMARTS) is 1. The third kappa shape index (κ3) is 8.47. The van der Waals surface area contributed by atoms with Gasteiger partial charge in [0.2, 0.25) is 11.8 Å². The second-order valence-corrected chi connectivity index (χ2v) is 14.9. The molecule has 2 aliphatic rings. The van der Waals surface area contributed by atoms with Gasteiger partial charge in [-0.3, -0.25) is 9.59 Å². The minimum absolute atomic E-state index is 0.0949. The number of nitrogens with zero attached hydrogens (tertiary/aromatic N) is 5. The van der Waals surface area contributed by atoms with Crippen molar-refractivity contribution in [3.8, 4) is 29.2 Å². The summed E-state index contributed by atoms with van der Waals surface area (Å²) in [6.45, 7) is 8.42. The first-order valence-corrected chi connectivity index (χ1v) is 18.9. The molecule has 2 aromatic carbocycles. The van der Waals surface area contributed by atoms with Gasteiger partial charge in [-0.25, -0.2) is 19.6 Å². The van der Waals surface area contributed by atoms with E-state index in [0.29, 0.717) is 42.5 Å². The molecule has 2 fully saturated rings. The molecule has 292 valence electrons. The number of hydrogen-bond acceptors (Lipinski definition) is 8. The number of amides is 4. The maximum atomic E-state index is 13.6. The standard InChI is InChI=1S/C41H47N9O6/c1-23(2)33(47-40(53)54)38(51)50-21-7-9-32(50)37-44-29(18-19-42)35(46-37)27-15-12-25(13-16-27)10-11-26-14-17-28-30(22-26)45-36(43-28)31-8-6-20-49(31)39(52)34(24(3)4)48-41(55)56-5/h12-17,22-24,31-34,47H,6-9,18,20-21H2,1-5H3,(H,43,45)(H,44,46)(H,48,55)(H,53,54)/t31-,32-,33-,34-/m0/s1. The molecular formula is C41H47N9O6. The Labute approximate surface area is 325 Å². The van der Waals surface area contributed by atoms with Gasteiger partial charge in [0.25, 0.3) is 0 Å². The van der Waals surface area contributed by atoms with E-state index in [2.05, 4.69) is 38.5 Å². The summed E-state index contributed by atoms with van der Waals surface area (Å²) in [5.74, 6) is 6.87. The van der Waals surface area contributed by atoms with Gasteiger partial charge < -0.3 is 40.2 Å². The quantitative estimate of drug-likeness (QED) is 0.131. The van der Waals surface area contributed by atoms with Crippen LogP contribution in [0.15, 0.2) is 42.5 Å². The lowest BCUT2D eigenvalue weighted by atomic mass is 10.0. The fourth-order valence-corrected chi connectivity index (χ4v) is 7.49. The number of nitrogens with one attached hydrogen (secondary N) is 4. The lowest BCUT2D eigenvalue weighted by Crippen LogP contribution is -2.51. The molecule has 4 aromatic rings. The van der Waals surface area contributed by atoms with E-state index in [1.165, 1.54) is 7.11 Å². The molecule has 4 atom stereocenters. The van der Waals surface area contributed by atoms with Gasteiger partial charge in [0.05, 0.1) is 54.1 Å². The number of methoxy groups -OCH3 is 1. The van der Waals surface area contributed by atoms with Gasteiger partial charge in [0, 0.05) is 29.8 Å². The summed E-state index contributed by atoms with van der Waals surface area (Å²) in [6, 6.07) is 13.3. The van der Waals surface area contributed by atoms with Crippen LogP contribution in [0.25, 0.3) is 22.3 Å². The predicted molar refractivity (Wildman–Crippen MR) is 207 cm³/mol. The molecular weight excluding hydrogens is 715 g/mol. The van der Waals surface area contributed by atoms with E-state index in [9.17, 15) is 29.5 Å². The predicted octanol–water partition coefficient (Wildman–Crippen LogP) is 5.42. The molecule has 15 nitrogen and oxygen atoms in total. The number of aromatic amines is 2. The van der Waals surface area contributed by atoms with Crippen molar-refractivity contribution in [1.82, 2.24) is 40.4 Å². The molecule has 4 heterocycles. The van der Waals surface area contributed by atoms with Gasteiger partial charge in [-0.05, 0) is 67.9 Å². The second-order valence-electron chi connectivity index (χ2n) is 14.9. The van der Waals surface area contributed by atoms with Crippen LogP contribution in [0.5, 0.6) is 0 Å². The molecule has 4 amide bonds. The molecule has 2 aromatic heterocycles. The zero-order valence-corrected chi connectivity index (χ0v) is 32.2. The Morgan fingerprint density at radius 2 is 1.43 bits per heavy atom. The van der Waals surface area contributed by atoms with Gasteiger partial charge in [0.1, 0.15) is 23.7 Å². The van der Waals surface area contributed by atoms with Crippen molar-refractivity contribution in [1.29, 1.82) is 5.26 Å². The van der Waals surface area contributed by atoms with Crippen molar-refractivity contribution in [2.24, 2.45) is 11.8 Å². The Balaban J connectivity index is 1.18. The number of carbonyl (C=O) groups excluding carboxylic acids is 3. The lowest BCUT2D eigenvalue weighted by Gasteiger charge is -2.29. The van der Waals surface area contributed by atoms with Gasteiger partial charge in [-0.2, -0.15) is 5.26 Å². The van der Waals surface area contributed by atoms with E-state index in [1.54, 1.807) is 23.6 Å². The molecule has 5 N–H and O–H groups in total. The molecule has 0 saturated carbocycles. The molecule has 2 aliphatic heterocycles. The van der Waals surface area contributed by atoms with Gasteiger partial charge in [-0.15, -0.1) is 0 Å². The summed E-state index contributed by atoms with van der Waals surface area (Å²) in [5, 5.41) is 24.0. The maximum Gasteiger partial charge on any atom is 0.407 e. The number of hydrogen-bond donors (Lipinski definition) is 5. The van der Waals surface area contributed by atoms with E-state index in [1.807, 2.05) is 56.3 Å². The summed E-state index contributed by atoms with van der Waals surface area (Å²) in [5.41, 5.74) is 5.16. The summed E-state index contributed by atoms with van der Waals surface area (Å²) in [6.07, 6.45) is 1.18. The minimum atomic E-state index is -1.25. The van der Waals surface area contributed by atoms with Gasteiger partial charge >= 0.3 is 12.2 Å². The molecule has 0 radical (unpaired) electrons. The first-order chi connectivity index (χ1) is 26.9. The summed E-state index contributed by atoms with van der Waals surface area (Å²) in [7, 11) is 1.28. The molecule has 0 unspecified atom stereocenters.